The van der Waals surface area contributed by atoms with Gasteiger partial charge in [0.1, 0.15) is 0 Å². The van der Waals surface area contributed by atoms with Gasteiger partial charge in [-0.3, -0.25) is 10.1 Å². The van der Waals surface area contributed by atoms with Gasteiger partial charge in [-0.15, -0.1) is 11.3 Å². The van der Waals surface area contributed by atoms with Crippen molar-refractivity contribution in [3.05, 3.63) is 51.4 Å². The molecule has 0 spiro atoms. The van der Waals surface area contributed by atoms with E-state index in [4.69, 9.17) is 10.2 Å². The van der Waals surface area contributed by atoms with Crippen LogP contribution in [0.2, 0.25) is 0 Å². The molecule has 0 aliphatic carbocycles. The van der Waals surface area contributed by atoms with Crippen LogP contribution in [-0.4, -0.2) is 51.1 Å². The number of hydrogen-bond acceptors (Lipinski definition) is 6. The predicted octanol–water partition coefficient (Wildman–Crippen LogP) is 4.11. The number of piperidine rings is 1. The molecule has 0 unspecified atom stereocenters. The van der Waals surface area contributed by atoms with Crippen molar-refractivity contribution in [2.45, 2.75) is 38.6 Å². The second kappa shape index (κ2) is 10.1. The van der Waals surface area contributed by atoms with E-state index in [0.29, 0.717) is 24.1 Å². The molecule has 0 atom stereocenters. The minimum atomic E-state index is -1.26. The van der Waals surface area contributed by atoms with Crippen molar-refractivity contribution in [3.8, 4) is 0 Å². The molecule has 1 aromatic heterocycles. The zero-order valence-electron chi connectivity index (χ0n) is 16.3. The summed E-state index contributed by atoms with van der Waals surface area (Å²) in [6, 6.07) is 8.02. The summed E-state index contributed by atoms with van der Waals surface area (Å²) in [5.74, 6) is -1.96. The predicted molar refractivity (Wildman–Crippen MR) is 112 cm³/mol. The normalized spacial score (nSPS) is 15.4. The van der Waals surface area contributed by atoms with Crippen LogP contribution in [0.4, 0.5) is 5.69 Å². The molecule has 1 aliphatic rings. The number of benzene rings is 1. The van der Waals surface area contributed by atoms with E-state index in [9.17, 15) is 19.7 Å². The first-order valence-electron chi connectivity index (χ1n) is 9.24. The molecule has 1 saturated heterocycles. The zero-order chi connectivity index (χ0) is 21.6. The first-order valence-corrected chi connectivity index (χ1v) is 10.1. The molecule has 0 bridgehead atoms. The number of thiophene rings is 1. The fourth-order valence-corrected chi connectivity index (χ4v) is 4.52. The summed E-state index contributed by atoms with van der Waals surface area (Å²) >= 11 is 1.72. The minimum Gasteiger partial charge on any atom is -0.478 e. The van der Waals surface area contributed by atoms with E-state index in [2.05, 4.69) is 18.7 Å². The molecule has 2 aromatic rings. The second-order valence-corrected chi connectivity index (χ2v) is 8.12. The molecular weight excluding hydrogens is 396 g/mol. The number of rotatable bonds is 5. The van der Waals surface area contributed by atoms with Gasteiger partial charge in [-0.1, -0.05) is 6.07 Å². The lowest BCUT2D eigenvalue weighted by Crippen LogP contribution is -2.37. The van der Waals surface area contributed by atoms with Crippen molar-refractivity contribution in [2.24, 2.45) is 0 Å². The van der Waals surface area contributed by atoms with E-state index >= 15 is 0 Å². The number of carboxylic acid groups (broad SMARTS) is 2. The maximum absolute atomic E-state index is 11.1. The zero-order valence-corrected chi connectivity index (χ0v) is 17.1. The molecule has 8 nitrogen and oxygen atoms in total. The van der Waals surface area contributed by atoms with Crippen LogP contribution in [0.3, 0.4) is 0 Å². The number of aliphatic carboxylic acids is 2. The van der Waals surface area contributed by atoms with Crippen LogP contribution in [-0.2, 0) is 9.59 Å². The highest BCUT2D eigenvalue weighted by Gasteiger charge is 2.24. The SMILES string of the molecule is CC(C)N1CCC(c2cc3c([N+](=O)[O-])cccc3s2)CC1.O=C(O)/C=C\C(=O)O. The fourth-order valence-electron chi connectivity index (χ4n) is 3.27. The first kappa shape index (κ1) is 22.5. The maximum Gasteiger partial charge on any atom is 0.328 e. The van der Waals surface area contributed by atoms with Crippen LogP contribution < -0.4 is 0 Å². The van der Waals surface area contributed by atoms with Crippen LogP contribution in [0.1, 0.15) is 37.5 Å². The number of carboxylic acids is 2. The summed E-state index contributed by atoms with van der Waals surface area (Å²) in [5, 5.41) is 27.5. The van der Waals surface area contributed by atoms with Crippen molar-refractivity contribution < 1.29 is 24.7 Å². The van der Waals surface area contributed by atoms with Crippen LogP contribution >= 0.6 is 11.3 Å². The molecule has 2 N–H and O–H groups in total. The molecule has 0 radical (unpaired) electrons. The summed E-state index contributed by atoms with van der Waals surface area (Å²) in [6.07, 6.45) is 3.42. The van der Waals surface area contributed by atoms with Crippen molar-refractivity contribution in [1.29, 1.82) is 0 Å². The first-order chi connectivity index (χ1) is 13.7. The standard InChI is InChI=1S/C16H20N2O2S.C4H4O4/c1-11(2)17-8-6-12(7-9-17)16-10-13-14(18(19)20)4-3-5-15(13)21-16;5-3(6)1-2-4(7)8/h3-5,10-12H,6-9H2,1-2H3;1-2H,(H,5,6)(H,7,8)/b;2-1-. The van der Waals surface area contributed by atoms with E-state index in [1.807, 2.05) is 12.1 Å². The summed E-state index contributed by atoms with van der Waals surface area (Å²) < 4.78 is 1.03. The number of non-ortho nitro benzene ring substituents is 1. The van der Waals surface area contributed by atoms with Gasteiger partial charge in [-0.25, -0.2) is 9.59 Å². The molecule has 3 rings (SSSR count). The second-order valence-electron chi connectivity index (χ2n) is 7.01. The molecule has 29 heavy (non-hydrogen) atoms. The Labute approximate surface area is 172 Å². The Morgan fingerprint density at radius 3 is 2.28 bits per heavy atom. The van der Waals surface area contributed by atoms with E-state index in [0.717, 1.165) is 36.0 Å². The van der Waals surface area contributed by atoms with E-state index in [1.54, 1.807) is 23.5 Å². The number of likely N-dealkylation sites (tertiary alicyclic amines) is 1. The van der Waals surface area contributed by atoms with Crippen LogP contribution in [0.15, 0.2) is 36.4 Å². The van der Waals surface area contributed by atoms with Gasteiger partial charge in [0.05, 0.1) is 10.3 Å². The van der Waals surface area contributed by atoms with E-state index in [1.165, 1.54) is 4.88 Å². The third kappa shape index (κ3) is 6.37. The van der Waals surface area contributed by atoms with Crippen molar-refractivity contribution in [3.63, 3.8) is 0 Å². The number of hydrogen-bond donors (Lipinski definition) is 2. The van der Waals surface area contributed by atoms with E-state index < -0.39 is 11.9 Å². The number of carbonyl (C=O) groups is 2. The lowest BCUT2D eigenvalue weighted by Gasteiger charge is -2.34. The number of nitro groups is 1. The molecule has 156 valence electrons. The third-order valence-corrected chi connectivity index (χ3v) is 6.05. The molecule has 1 fully saturated rings. The van der Waals surface area contributed by atoms with Gasteiger partial charge >= 0.3 is 11.9 Å². The highest BCUT2D eigenvalue weighted by atomic mass is 32.1. The molecule has 2 heterocycles. The lowest BCUT2D eigenvalue weighted by molar-refractivity contribution is -0.383. The van der Waals surface area contributed by atoms with Gasteiger partial charge in [-0.05, 0) is 57.8 Å². The monoisotopic (exact) mass is 420 g/mol. The topological polar surface area (TPSA) is 121 Å². The Morgan fingerprint density at radius 1 is 1.21 bits per heavy atom. The highest BCUT2D eigenvalue weighted by molar-refractivity contribution is 7.19. The van der Waals surface area contributed by atoms with E-state index in [-0.39, 0.29) is 10.6 Å². The van der Waals surface area contributed by atoms with Crippen molar-refractivity contribution in [1.82, 2.24) is 4.90 Å². The molecule has 1 aliphatic heterocycles. The fraction of sp³-hybridized carbons (Fsp3) is 0.400. The lowest BCUT2D eigenvalue weighted by atomic mass is 9.94. The number of nitro benzene ring substituents is 1. The number of fused-ring (bicyclic) bond motifs is 1. The highest BCUT2D eigenvalue weighted by Crippen LogP contribution is 2.39. The number of nitrogens with zero attached hydrogens (tertiary/aromatic N) is 2. The van der Waals surface area contributed by atoms with Crippen LogP contribution in [0, 0.1) is 10.1 Å². The van der Waals surface area contributed by atoms with Gasteiger partial charge in [0.25, 0.3) is 5.69 Å². The maximum atomic E-state index is 11.1. The van der Waals surface area contributed by atoms with Gasteiger partial charge in [0.15, 0.2) is 0 Å². The minimum absolute atomic E-state index is 0.231. The molecule has 1 aromatic carbocycles. The van der Waals surface area contributed by atoms with Gasteiger partial charge in [-0.2, -0.15) is 0 Å². The Balaban J connectivity index is 0.000000321. The summed E-state index contributed by atoms with van der Waals surface area (Å²) in [4.78, 5) is 33.8. The summed E-state index contributed by atoms with van der Waals surface area (Å²) in [6.45, 7) is 6.73. The van der Waals surface area contributed by atoms with Gasteiger partial charge in [0, 0.05) is 33.8 Å². The third-order valence-electron chi connectivity index (χ3n) is 4.78. The average Bonchev–Trinajstić information content (AvgIpc) is 3.11. The quantitative estimate of drug-likeness (QED) is 0.424. The Bertz CT molecular complexity index is 897. The summed E-state index contributed by atoms with van der Waals surface area (Å²) in [7, 11) is 0. The Morgan fingerprint density at radius 2 is 1.79 bits per heavy atom. The van der Waals surface area contributed by atoms with Crippen LogP contribution in [0.5, 0.6) is 0 Å². The largest absolute Gasteiger partial charge is 0.478 e. The van der Waals surface area contributed by atoms with Gasteiger partial charge < -0.3 is 15.1 Å². The molecule has 0 saturated carbocycles. The molecule has 9 heteroatoms. The van der Waals surface area contributed by atoms with Crippen molar-refractivity contribution in [2.75, 3.05) is 13.1 Å². The smallest absolute Gasteiger partial charge is 0.328 e. The van der Waals surface area contributed by atoms with Crippen molar-refractivity contribution >= 4 is 39.0 Å². The molecular formula is C20H24N2O6S. The van der Waals surface area contributed by atoms with Gasteiger partial charge in [0.2, 0.25) is 0 Å². The molecule has 0 amide bonds. The Hall–Kier alpha value is -2.78. The van der Waals surface area contributed by atoms with Crippen LogP contribution in [0.25, 0.3) is 10.1 Å². The average molecular weight is 420 g/mol. The summed E-state index contributed by atoms with van der Waals surface area (Å²) in [5.41, 5.74) is 0.231. The Kier molecular flexibility index (Phi) is 7.86.